The molecule has 0 atom stereocenters. The van der Waals surface area contributed by atoms with Crippen LogP contribution in [0.25, 0.3) is 0 Å². The Morgan fingerprint density at radius 3 is 2.50 bits per heavy atom. The predicted octanol–water partition coefficient (Wildman–Crippen LogP) is 4.01. The fourth-order valence-corrected chi connectivity index (χ4v) is 3.16. The molecule has 1 aliphatic carbocycles. The second kappa shape index (κ2) is 4.50. The molecule has 0 spiro atoms. The van der Waals surface area contributed by atoms with Crippen molar-refractivity contribution < 1.29 is 5.11 Å². The molecule has 2 rings (SSSR count). The largest absolute Gasteiger partial charge is 0.390 e. The summed E-state index contributed by atoms with van der Waals surface area (Å²) in [6.45, 7) is 4.62. The van der Waals surface area contributed by atoms with Crippen LogP contribution in [0.2, 0.25) is 0 Å². The third-order valence-electron chi connectivity index (χ3n) is 3.95. The Labute approximate surface area is 103 Å². The summed E-state index contributed by atoms with van der Waals surface area (Å²) in [7, 11) is 0. The first-order chi connectivity index (χ1) is 7.49. The Balaban J connectivity index is 1.85. The predicted molar refractivity (Wildman–Crippen MR) is 69.8 cm³/mol. The molecule has 0 unspecified atom stereocenters. The number of aliphatic hydroxyl groups is 1. The zero-order chi connectivity index (χ0) is 11.6. The van der Waals surface area contributed by atoms with E-state index in [1.54, 1.807) is 11.3 Å². The third-order valence-corrected chi connectivity index (χ3v) is 4.89. The van der Waals surface area contributed by atoms with E-state index in [2.05, 4.69) is 31.4 Å². The van der Waals surface area contributed by atoms with Crippen molar-refractivity contribution in [2.45, 2.75) is 58.0 Å². The van der Waals surface area contributed by atoms with Crippen LogP contribution in [0.1, 0.15) is 50.8 Å². The zero-order valence-corrected chi connectivity index (χ0v) is 11.1. The first-order valence-corrected chi connectivity index (χ1v) is 7.12. The van der Waals surface area contributed by atoms with Gasteiger partial charge in [-0.05, 0) is 55.4 Å². The van der Waals surface area contributed by atoms with E-state index in [4.69, 9.17) is 0 Å². The number of hydrogen-bond acceptors (Lipinski definition) is 2. The van der Waals surface area contributed by atoms with Gasteiger partial charge in [-0.3, -0.25) is 0 Å². The summed E-state index contributed by atoms with van der Waals surface area (Å²) >= 11 is 1.80. The van der Waals surface area contributed by atoms with Crippen LogP contribution in [0.4, 0.5) is 0 Å². The van der Waals surface area contributed by atoms with E-state index in [-0.39, 0.29) is 5.60 Å². The molecular weight excluding hydrogens is 216 g/mol. The van der Waals surface area contributed by atoms with Gasteiger partial charge in [-0.15, -0.1) is 11.3 Å². The lowest BCUT2D eigenvalue weighted by molar-refractivity contribution is -0.0316. The molecule has 2 heteroatoms. The number of thiophene rings is 1. The van der Waals surface area contributed by atoms with E-state index in [0.717, 1.165) is 38.5 Å². The minimum absolute atomic E-state index is 0.389. The van der Waals surface area contributed by atoms with Gasteiger partial charge < -0.3 is 5.11 Å². The average Bonchev–Trinajstić information content (AvgIpc) is 2.74. The highest BCUT2D eigenvalue weighted by Crippen LogP contribution is 2.42. The molecule has 1 nitrogen and oxygen atoms in total. The first-order valence-electron chi connectivity index (χ1n) is 6.24. The van der Waals surface area contributed by atoms with E-state index in [0.29, 0.717) is 5.41 Å². The van der Waals surface area contributed by atoms with Gasteiger partial charge >= 0.3 is 0 Å². The van der Waals surface area contributed by atoms with E-state index in [9.17, 15) is 5.11 Å². The van der Waals surface area contributed by atoms with Crippen molar-refractivity contribution in [2.24, 2.45) is 5.41 Å². The van der Waals surface area contributed by atoms with Gasteiger partial charge in [-0.25, -0.2) is 0 Å². The maximum Gasteiger partial charge on any atom is 0.0651 e. The highest BCUT2D eigenvalue weighted by molar-refractivity contribution is 7.09. The van der Waals surface area contributed by atoms with Crippen LogP contribution < -0.4 is 0 Å². The number of rotatable bonds is 3. The van der Waals surface area contributed by atoms with Gasteiger partial charge in [0.15, 0.2) is 0 Å². The van der Waals surface area contributed by atoms with Crippen molar-refractivity contribution in [3.05, 3.63) is 22.4 Å². The quantitative estimate of drug-likeness (QED) is 0.843. The second-order valence-electron chi connectivity index (χ2n) is 5.97. The molecule has 1 saturated carbocycles. The summed E-state index contributed by atoms with van der Waals surface area (Å²) in [5.41, 5.74) is 0.0503. The second-order valence-corrected chi connectivity index (χ2v) is 7.00. The van der Waals surface area contributed by atoms with Crippen LogP contribution in [0, 0.1) is 5.41 Å². The Morgan fingerprint density at radius 1 is 1.25 bits per heavy atom. The van der Waals surface area contributed by atoms with Crippen LogP contribution >= 0.6 is 11.3 Å². The number of hydrogen-bond donors (Lipinski definition) is 1. The summed E-state index contributed by atoms with van der Waals surface area (Å²) in [6.07, 6.45) is 6.25. The molecule has 1 aliphatic rings. The summed E-state index contributed by atoms with van der Waals surface area (Å²) in [4.78, 5) is 1.40. The van der Waals surface area contributed by atoms with Crippen molar-refractivity contribution >= 4 is 11.3 Å². The lowest BCUT2D eigenvalue weighted by Gasteiger charge is -2.40. The third kappa shape index (κ3) is 3.08. The van der Waals surface area contributed by atoms with Crippen LogP contribution in [-0.2, 0) is 6.42 Å². The molecular formula is C14H22OS. The van der Waals surface area contributed by atoms with Crippen LogP contribution in [-0.4, -0.2) is 10.7 Å². The first kappa shape index (κ1) is 12.1. The smallest absolute Gasteiger partial charge is 0.0651 e. The topological polar surface area (TPSA) is 20.2 Å². The highest BCUT2D eigenvalue weighted by atomic mass is 32.1. The Bertz CT molecular complexity index is 317. The highest BCUT2D eigenvalue weighted by Gasteiger charge is 2.36. The molecule has 0 radical (unpaired) electrons. The van der Waals surface area contributed by atoms with Gasteiger partial charge in [0.1, 0.15) is 0 Å². The average molecular weight is 238 g/mol. The fourth-order valence-electron chi connectivity index (χ4n) is 2.45. The molecule has 0 amide bonds. The molecule has 1 aromatic rings. The molecule has 1 aromatic heterocycles. The molecule has 0 aliphatic heterocycles. The standard InChI is InChI=1S/C14H22OS/c1-13(2)7-9-14(15,10-8-13)6-5-12-4-3-11-16-12/h3-4,11,15H,5-10H2,1-2H3. The van der Waals surface area contributed by atoms with E-state index in [1.807, 2.05) is 0 Å². The van der Waals surface area contributed by atoms with Crippen LogP contribution in [0.3, 0.4) is 0 Å². The van der Waals surface area contributed by atoms with E-state index in [1.165, 1.54) is 4.88 Å². The van der Waals surface area contributed by atoms with E-state index < -0.39 is 0 Å². The van der Waals surface area contributed by atoms with Crippen LogP contribution in [0.5, 0.6) is 0 Å². The SMILES string of the molecule is CC1(C)CCC(O)(CCc2cccs2)CC1. The molecule has 1 heterocycles. The summed E-state index contributed by atoms with van der Waals surface area (Å²) in [6, 6.07) is 4.26. The molecule has 1 N–H and O–H groups in total. The fraction of sp³-hybridized carbons (Fsp3) is 0.714. The Kier molecular flexibility index (Phi) is 3.41. The molecule has 0 saturated heterocycles. The lowest BCUT2D eigenvalue weighted by atomic mass is 9.69. The van der Waals surface area contributed by atoms with E-state index >= 15 is 0 Å². The Hall–Kier alpha value is -0.340. The molecule has 16 heavy (non-hydrogen) atoms. The van der Waals surface area contributed by atoms with Crippen molar-refractivity contribution in [1.29, 1.82) is 0 Å². The molecule has 90 valence electrons. The van der Waals surface area contributed by atoms with Gasteiger partial charge in [0, 0.05) is 4.88 Å². The maximum atomic E-state index is 10.5. The molecule has 0 aromatic carbocycles. The summed E-state index contributed by atoms with van der Waals surface area (Å²) in [5, 5.41) is 12.6. The zero-order valence-electron chi connectivity index (χ0n) is 10.3. The lowest BCUT2D eigenvalue weighted by Crippen LogP contribution is -2.37. The van der Waals surface area contributed by atoms with Crippen LogP contribution in [0.15, 0.2) is 17.5 Å². The summed E-state index contributed by atoms with van der Waals surface area (Å²) < 4.78 is 0. The minimum Gasteiger partial charge on any atom is -0.390 e. The maximum absolute atomic E-state index is 10.5. The Morgan fingerprint density at radius 2 is 1.94 bits per heavy atom. The number of aryl methyl sites for hydroxylation is 1. The van der Waals surface area contributed by atoms with Crippen molar-refractivity contribution in [1.82, 2.24) is 0 Å². The molecule has 0 bridgehead atoms. The van der Waals surface area contributed by atoms with Gasteiger partial charge in [0.25, 0.3) is 0 Å². The van der Waals surface area contributed by atoms with Gasteiger partial charge in [-0.1, -0.05) is 19.9 Å². The normalized spacial score (nSPS) is 23.2. The molecule has 1 fully saturated rings. The van der Waals surface area contributed by atoms with Gasteiger partial charge in [0.05, 0.1) is 5.60 Å². The van der Waals surface area contributed by atoms with Crippen molar-refractivity contribution in [2.75, 3.05) is 0 Å². The summed E-state index contributed by atoms with van der Waals surface area (Å²) in [5.74, 6) is 0. The monoisotopic (exact) mass is 238 g/mol. The van der Waals surface area contributed by atoms with Crippen molar-refractivity contribution in [3.8, 4) is 0 Å². The van der Waals surface area contributed by atoms with Crippen molar-refractivity contribution in [3.63, 3.8) is 0 Å². The van der Waals surface area contributed by atoms with Gasteiger partial charge in [0.2, 0.25) is 0 Å². The minimum atomic E-state index is -0.389. The van der Waals surface area contributed by atoms with Gasteiger partial charge in [-0.2, -0.15) is 0 Å².